The van der Waals surface area contributed by atoms with Gasteiger partial charge in [-0.1, -0.05) is 0 Å². The van der Waals surface area contributed by atoms with E-state index in [0.29, 0.717) is 12.8 Å². The predicted octanol–water partition coefficient (Wildman–Crippen LogP) is 1.87. The van der Waals surface area contributed by atoms with Crippen LogP contribution in [0.15, 0.2) is 0 Å². The van der Waals surface area contributed by atoms with Crippen LogP contribution >= 0.6 is 15.9 Å². The van der Waals surface area contributed by atoms with Crippen molar-refractivity contribution in [2.75, 3.05) is 7.05 Å². The number of hydrogen-bond donors (Lipinski definition) is 2. The topological polar surface area (TPSA) is 32.3 Å². The summed E-state index contributed by atoms with van der Waals surface area (Å²) in [5.41, 5.74) is -1.86. The Morgan fingerprint density at radius 3 is 2.23 bits per heavy atom. The Bertz CT molecular complexity index is 175. The zero-order chi connectivity index (χ0) is 10.1. The van der Waals surface area contributed by atoms with Gasteiger partial charge in [0.1, 0.15) is 5.60 Å². The Morgan fingerprint density at radius 1 is 1.46 bits per heavy atom. The molecular formula is C8H14BrF2NO. The molecule has 0 unspecified atom stereocenters. The summed E-state index contributed by atoms with van der Waals surface area (Å²) in [4.78, 5) is -3.17. The van der Waals surface area contributed by atoms with Gasteiger partial charge in [0.15, 0.2) is 0 Å². The third kappa shape index (κ3) is 2.39. The Balaban J connectivity index is 2.57. The second-order valence-electron chi connectivity index (χ2n) is 3.59. The van der Waals surface area contributed by atoms with Crippen molar-refractivity contribution in [3.05, 3.63) is 0 Å². The first-order valence-corrected chi connectivity index (χ1v) is 5.15. The molecular weight excluding hydrogens is 244 g/mol. The molecule has 0 bridgehead atoms. The van der Waals surface area contributed by atoms with Gasteiger partial charge < -0.3 is 10.4 Å². The molecule has 0 aliphatic heterocycles. The highest BCUT2D eigenvalue weighted by Gasteiger charge is 2.51. The molecule has 0 spiro atoms. The van der Waals surface area contributed by atoms with E-state index in [0.717, 1.165) is 0 Å². The van der Waals surface area contributed by atoms with Crippen molar-refractivity contribution < 1.29 is 13.9 Å². The summed E-state index contributed by atoms with van der Waals surface area (Å²) in [6.45, 7) is 0. The summed E-state index contributed by atoms with van der Waals surface area (Å²) in [5.74, 6) is 0. The minimum atomic E-state index is -3.17. The first kappa shape index (κ1) is 11.3. The fraction of sp³-hybridized carbons (Fsp3) is 1.00. The molecule has 2 nitrogen and oxygen atoms in total. The highest BCUT2D eigenvalue weighted by molar-refractivity contribution is 9.10. The van der Waals surface area contributed by atoms with Crippen molar-refractivity contribution in [3.8, 4) is 0 Å². The standard InChI is InChI=1S/C8H14BrF2NO/c1-12-6-2-4-7(13,5-3-6)8(9,10)11/h6,12-13H,2-5H2,1H3. The summed E-state index contributed by atoms with van der Waals surface area (Å²) < 4.78 is 25.7. The predicted molar refractivity (Wildman–Crippen MR) is 50.1 cm³/mol. The van der Waals surface area contributed by atoms with E-state index < -0.39 is 10.4 Å². The molecule has 1 aliphatic carbocycles. The Labute approximate surface area is 84.8 Å². The lowest BCUT2D eigenvalue weighted by Gasteiger charge is -2.38. The fourth-order valence-electron chi connectivity index (χ4n) is 1.67. The maximum atomic E-state index is 12.9. The first-order chi connectivity index (χ1) is 5.89. The van der Waals surface area contributed by atoms with Crippen LogP contribution in [-0.4, -0.2) is 28.6 Å². The van der Waals surface area contributed by atoms with Crippen LogP contribution in [0.5, 0.6) is 0 Å². The lowest BCUT2D eigenvalue weighted by molar-refractivity contribution is -0.136. The van der Waals surface area contributed by atoms with Crippen LogP contribution in [0.1, 0.15) is 25.7 Å². The summed E-state index contributed by atoms with van der Waals surface area (Å²) >= 11 is 2.23. The molecule has 0 heterocycles. The van der Waals surface area contributed by atoms with Crippen molar-refractivity contribution in [3.63, 3.8) is 0 Å². The number of alkyl halides is 3. The molecule has 2 N–H and O–H groups in total. The molecule has 1 aliphatic rings. The summed E-state index contributed by atoms with van der Waals surface area (Å²) in [7, 11) is 1.81. The van der Waals surface area contributed by atoms with E-state index in [1.54, 1.807) is 7.05 Å². The highest BCUT2D eigenvalue weighted by atomic mass is 79.9. The number of aliphatic hydroxyl groups is 1. The fourth-order valence-corrected chi connectivity index (χ4v) is 2.06. The molecule has 0 aromatic heterocycles. The molecule has 78 valence electrons. The number of rotatable bonds is 2. The van der Waals surface area contributed by atoms with E-state index in [-0.39, 0.29) is 18.9 Å². The molecule has 1 saturated carbocycles. The van der Waals surface area contributed by atoms with Gasteiger partial charge in [0.05, 0.1) is 0 Å². The van der Waals surface area contributed by atoms with Crippen LogP contribution < -0.4 is 5.32 Å². The quantitative estimate of drug-likeness (QED) is 0.741. The van der Waals surface area contributed by atoms with Gasteiger partial charge in [-0.3, -0.25) is 0 Å². The van der Waals surface area contributed by atoms with Crippen molar-refractivity contribution >= 4 is 15.9 Å². The van der Waals surface area contributed by atoms with Gasteiger partial charge >= 0.3 is 4.83 Å². The second kappa shape index (κ2) is 3.79. The van der Waals surface area contributed by atoms with Gasteiger partial charge in [0.2, 0.25) is 0 Å². The molecule has 13 heavy (non-hydrogen) atoms. The van der Waals surface area contributed by atoms with E-state index in [1.165, 1.54) is 0 Å². The smallest absolute Gasteiger partial charge is 0.329 e. The van der Waals surface area contributed by atoms with Gasteiger partial charge in [-0.25, -0.2) is 0 Å². The Kier molecular flexibility index (Phi) is 3.30. The summed E-state index contributed by atoms with van der Waals surface area (Å²) in [6, 6.07) is 0.259. The van der Waals surface area contributed by atoms with E-state index >= 15 is 0 Å². The molecule has 0 saturated heterocycles. The van der Waals surface area contributed by atoms with Gasteiger partial charge in [-0.15, -0.1) is 0 Å². The van der Waals surface area contributed by atoms with Crippen LogP contribution in [0.4, 0.5) is 8.78 Å². The zero-order valence-electron chi connectivity index (χ0n) is 7.49. The molecule has 0 amide bonds. The zero-order valence-corrected chi connectivity index (χ0v) is 9.07. The van der Waals surface area contributed by atoms with E-state index in [4.69, 9.17) is 0 Å². The molecule has 0 aromatic rings. The van der Waals surface area contributed by atoms with E-state index in [9.17, 15) is 13.9 Å². The average Bonchev–Trinajstić information content (AvgIpc) is 2.04. The Hall–Kier alpha value is 0.260. The maximum absolute atomic E-state index is 12.9. The van der Waals surface area contributed by atoms with Crippen LogP contribution in [0, 0.1) is 0 Å². The van der Waals surface area contributed by atoms with Crippen molar-refractivity contribution in [2.45, 2.75) is 42.2 Å². The average molecular weight is 258 g/mol. The van der Waals surface area contributed by atoms with Crippen molar-refractivity contribution in [1.29, 1.82) is 0 Å². The van der Waals surface area contributed by atoms with Gasteiger partial charge in [-0.05, 0) is 48.7 Å². The Morgan fingerprint density at radius 2 is 1.92 bits per heavy atom. The van der Waals surface area contributed by atoms with Crippen molar-refractivity contribution in [1.82, 2.24) is 5.32 Å². The molecule has 0 atom stereocenters. The van der Waals surface area contributed by atoms with Gasteiger partial charge in [-0.2, -0.15) is 8.78 Å². The minimum Gasteiger partial charge on any atom is -0.383 e. The number of hydrogen-bond acceptors (Lipinski definition) is 2. The third-order valence-electron chi connectivity index (χ3n) is 2.75. The summed E-state index contributed by atoms with van der Waals surface area (Å²) in [6.07, 6.45) is 1.45. The minimum absolute atomic E-state index is 0.136. The second-order valence-corrected chi connectivity index (χ2v) is 4.59. The molecule has 1 fully saturated rings. The molecule has 1 rings (SSSR count). The maximum Gasteiger partial charge on any atom is 0.329 e. The van der Waals surface area contributed by atoms with Crippen LogP contribution in [-0.2, 0) is 0 Å². The van der Waals surface area contributed by atoms with Gasteiger partial charge in [0, 0.05) is 6.04 Å². The molecule has 5 heteroatoms. The van der Waals surface area contributed by atoms with E-state index in [2.05, 4.69) is 21.2 Å². The lowest BCUT2D eigenvalue weighted by Crippen LogP contribution is -2.49. The largest absolute Gasteiger partial charge is 0.383 e. The summed E-state index contributed by atoms with van der Waals surface area (Å²) in [5, 5.41) is 12.6. The number of nitrogens with one attached hydrogen (secondary N) is 1. The van der Waals surface area contributed by atoms with Gasteiger partial charge in [0.25, 0.3) is 0 Å². The van der Waals surface area contributed by atoms with Crippen LogP contribution in [0.2, 0.25) is 0 Å². The third-order valence-corrected chi connectivity index (χ3v) is 3.49. The highest BCUT2D eigenvalue weighted by Crippen LogP contribution is 2.44. The van der Waals surface area contributed by atoms with Crippen LogP contribution in [0.25, 0.3) is 0 Å². The lowest BCUT2D eigenvalue weighted by atomic mass is 9.82. The van der Waals surface area contributed by atoms with Crippen molar-refractivity contribution in [2.24, 2.45) is 0 Å². The number of halogens is 3. The SMILES string of the molecule is CNC1CCC(O)(C(F)(F)Br)CC1. The normalized spacial score (nSPS) is 36.2. The first-order valence-electron chi connectivity index (χ1n) is 4.35. The van der Waals surface area contributed by atoms with Crippen LogP contribution in [0.3, 0.4) is 0 Å². The molecule has 0 aromatic carbocycles. The molecule has 0 radical (unpaired) electrons. The monoisotopic (exact) mass is 257 g/mol. The van der Waals surface area contributed by atoms with E-state index in [1.807, 2.05) is 0 Å².